The Morgan fingerprint density at radius 3 is 1.22 bits per heavy atom. The Balaban J connectivity index is 0.00000588. The van der Waals surface area contributed by atoms with E-state index in [1.54, 1.807) is 0 Å². The smallest absolute Gasteiger partial charge is 0.00385 e. The van der Waals surface area contributed by atoms with E-state index in [-0.39, 0.29) is 17.6 Å². The van der Waals surface area contributed by atoms with Gasteiger partial charge in [-0.25, -0.2) is 0 Å². The second-order valence-corrected chi connectivity index (χ2v) is 13.5. The lowest BCUT2D eigenvalue weighted by molar-refractivity contribution is 0.330. The van der Waals surface area contributed by atoms with Crippen LogP contribution in [-0.4, -0.2) is 5.16 Å². The van der Waals surface area contributed by atoms with Crippen molar-refractivity contribution in [2.45, 2.75) is 128 Å². The maximum Gasteiger partial charge on any atom is -0.00385 e. The van der Waals surface area contributed by atoms with E-state index in [0.717, 1.165) is 19.3 Å². The summed E-state index contributed by atoms with van der Waals surface area (Å²) in [7, 11) is 3.40. The van der Waals surface area contributed by atoms with Crippen LogP contribution in [0.25, 0.3) is 0 Å². The maximum atomic E-state index is 3.40. The summed E-state index contributed by atoms with van der Waals surface area (Å²) in [6, 6.07) is 33.5. The number of unbranched alkanes of at least 4 members (excludes halogenated alkanes) is 13. The van der Waals surface area contributed by atoms with E-state index >= 15 is 0 Å². The molecule has 41 heavy (non-hydrogen) atoms. The number of halogens is 1. The first kappa shape index (κ1) is 35.6. The van der Waals surface area contributed by atoms with Gasteiger partial charge in [-0.15, -0.1) is 21.6 Å². The Morgan fingerprint density at radius 1 is 0.488 bits per heavy atom. The molecule has 2 heteroatoms. The van der Waals surface area contributed by atoms with Gasteiger partial charge in [0.25, 0.3) is 0 Å². The summed E-state index contributed by atoms with van der Waals surface area (Å²) in [4.78, 5) is 0. The minimum absolute atomic E-state index is 0. The highest BCUT2D eigenvalue weighted by atomic mass is 35.5. The normalized spacial score (nSPS) is 12.1. The van der Waals surface area contributed by atoms with Crippen molar-refractivity contribution in [2.24, 2.45) is 5.92 Å². The summed E-state index contributed by atoms with van der Waals surface area (Å²) in [6.45, 7) is 2.30. The molecule has 0 N–H and O–H groups in total. The molecule has 0 aromatic heterocycles. The van der Waals surface area contributed by atoms with Gasteiger partial charge in [-0.05, 0) is 53.4 Å². The average Bonchev–Trinajstić information content (AvgIpc) is 2.98. The number of benzene rings is 3. The van der Waals surface area contributed by atoms with Gasteiger partial charge >= 0.3 is 0 Å². The molecular formula is C39H58ClP. The number of rotatable bonds is 22. The zero-order valence-corrected chi connectivity index (χ0v) is 27.9. The second-order valence-electron chi connectivity index (χ2n) is 12.3. The van der Waals surface area contributed by atoms with Crippen molar-refractivity contribution in [1.29, 1.82) is 0 Å². The Kier molecular flexibility index (Phi) is 19.1. The highest BCUT2D eigenvalue weighted by Gasteiger charge is 2.34. The SMILES string of the molecule is CCCCCCCCCCCCCCCCC(Cc1ccccc1)C(P)(Cc1ccccc1)Cc1ccccc1.Cl. The van der Waals surface area contributed by atoms with Crippen LogP contribution in [0.2, 0.25) is 0 Å². The van der Waals surface area contributed by atoms with Gasteiger partial charge in [0, 0.05) is 0 Å². The lowest BCUT2D eigenvalue weighted by atomic mass is 9.75. The van der Waals surface area contributed by atoms with Crippen molar-refractivity contribution in [3.63, 3.8) is 0 Å². The summed E-state index contributed by atoms with van der Waals surface area (Å²) in [5.41, 5.74) is 4.38. The largest absolute Gasteiger partial charge is 0.147 e. The zero-order valence-electron chi connectivity index (χ0n) is 26.0. The van der Waals surface area contributed by atoms with E-state index in [4.69, 9.17) is 0 Å². The molecular weight excluding hydrogens is 535 g/mol. The summed E-state index contributed by atoms with van der Waals surface area (Å²) < 4.78 is 0. The maximum absolute atomic E-state index is 3.40. The van der Waals surface area contributed by atoms with Gasteiger partial charge in [0.2, 0.25) is 0 Å². The second kappa shape index (κ2) is 22.0. The summed E-state index contributed by atoms with van der Waals surface area (Å²) in [5, 5.41) is 0.134. The molecule has 2 unspecified atom stereocenters. The van der Waals surface area contributed by atoms with E-state index in [2.05, 4.69) is 107 Å². The van der Waals surface area contributed by atoms with Crippen molar-refractivity contribution in [1.82, 2.24) is 0 Å². The molecule has 0 saturated carbocycles. The topological polar surface area (TPSA) is 0 Å². The van der Waals surface area contributed by atoms with Crippen LogP contribution in [-0.2, 0) is 19.3 Å². The average molecular weight is 593 g/mol. The third-order valence-electron chi connectivity index (χ3n) is 8.80. The minimum Gasteiger partial charge on any atom is -0.147 e. The van der Waals surface area contributed by atoms with Crippen LogP contribution in [0, 0.1) is 5.92 Å². The van der Waals surface area contributed by atoms with Crippen molar-refractivity contribution >= 4 is 21.6 Å². The van der Waals surface area contributed by atoms with Gasteiger partial charge in [-0.3, -0.25) is 0 Å². The van der Waals surface area contributed by atoms with Gasteiger partial charge < -0.3 is 0 Å². The van der Waals surface area contributed by atoms with Crippen molar-refractivity contribution in [3.8, 4) is 0 Å². The molecule has 3 aromatic carbocycles. The van der Waals surface area contributed by atoms with Gasteiger partial charge in [-0.1, -0.05) is 188 Å². The molecule has 2 atom stereocenters. The first-order valence-corrected chi connectivity index (χ1v) is 17.2. The molecule has 0 aliphatic rings. The zero-order chi connectivity index (χ0) is 28.1. The van der Waals surface area contributed by atoms with E-state index in [1.807, 2.05) is 0 Å². The fourth-order valence-electron chi connectivity index (χ4n) is 6.38. The van der Waals surface area contributed by atoms with Crippen LogP contribution in [0.4, 0.5) is 0 Å². The number of hydrogen-bond acceptors (Lipinski definition) is 0. The monoisotopic (exact) mass is 592 g/mol. The molecule has 0 bridgehead atoms. The van der Waals surface area contributed by atoms with Crippen molar-refractivity contribution in [2.75, 3.05) is 0 Å². The van der Waals surface area contributed by atoms with E-state index in [1.165, 1.54) is 113 Å². The molecule has 0 radical (unpaired) electrons. The van der Waals surface area contributed by atoms with E-state index < -0.39 is 0 Å². The molecule has 0 nitrogen and oxygen atoms in total. The predicted molar refractivity (Wildman–Crippen MR) is 189 cm³/mol. The molecule has 3 rings (SSSR count). The highest BCUT2D eigenvalue weighted by molar-refractivity contribution is 7.19. The first-order valence-electron chi connectivity index (χ1n) is 16.6. The van der Waals surface area contributed by atoms with Crippen LogP contribution in [0.5, 0.6) is 0 Å². The molecule has 226 valence electrons. The van der Waals surface area contributed by atoms with Crippen molar-refractivity contribution in [3.05, 3.63) is 108 Å². The first-order chi connectivity index (χ1) is 19.7. The van der Waals surface area contributed by atoms with Crippen LogP contribution in [0.15, 0.2) is 91.0 Å². The van der Waals surface area contributed by atoms with Gasteiger partial charge in [0.15, 0.2) is 0 Å². The summed E-state index contributed by atoms with van der Waals surface area (Å²) in [6.07, 6.45) is 24.5. The number of hydrogen-bond donors (Lipinski definition) is 0. The van der Waals surface area contributed by atoms with Gasteiger partial charge in [0.1, 0.15) is 0 Å². The molecule has 0 heterocycles. The standard InChI is InChI=1S/C39H57P.ClH/c1-2-3-4-5-6-7-8-9-10-11-12-13-14-24-31-38(32-35-25-18-15-19-26-35)39(40,33-36-27-20-16-21-28-36)34-37-29-22-17-23-30-37;/h15-23,25-30,38H,2-14,24,31-34,40H2,1H3;1H. The summed E-state index contributed by atoms with van der Waals surface area (Å²) in [5.74, 6) is 0.623. The molecule has 0 aliphatic heterocycles. The molecule has 0 aliphatic carbocycles. The molecule has 0 amide bonds. The Bertz CT molecular complexity index is 946. The van der Waals surface area contributed by atoms with Crippen LogP contribution < -0.4 is 0 Å². The van der Waals surface area contributed by atoms with Crippen LogP contribution >= 0.6 is 21.6 Å². The molecule has 0 spiro atoms. The highest BCUT2D eigenvalue weighted by Crippen LogP contribution is 2.40. The third-order valence-corrected chi connectivity index (χ3v) is 9.68. The lowest BCUT2D eigenvalue weighted by Crippen LogP contribution is -2.38. The Labute approximate surface area is 262 Å². The fraction of sp³-hybridized carbons (Fsp3) is 0.538. The van der Waals surface area contributed by atoms with E-state index in [9.17, 15) is 0 Å². The predicted octanol–water partition coefficient (Wildman–Crippen LogP) is 12.2. The third kappa shape index (κ3) is 14.9. The molecule has 0 fully saturated rings. The van der Waals surface area contributed by atoms with Crippen molar-refractivity contribution < 1.29 is 0 Å². The van der Waals surface area contributed by atoms with Gasteiger partial charge in [-0.2, -0.15) is 0 Å². The summed E-state index contributed by atoms with van der Waals surface area (Å²) >= 11 is 0. The van der Waals surface area contributed by atoms with Crippen LogP contribution in [0.1, 0.15) is 120 Å². The van der Waals surface area contributed by atoms with E-state index in [0.29, 0.717) is 5.92 Å². The van der Waals surface area contributed by atoms with Gasteiger partial charge in [0.05, 0.1) is 0 Å². The fourth-order valence-corrected chi connectivity index (χ4v) is 7.14. The molecule has 0 saturated heterocycles. The Hall–Kier alpha value is -1.62. The molecule has 3 aromatic rings. The minimum atomic E-state index is 0. The Morgan fingerprint density at radius 2 is 0.829 bits per heavy atom. The lowest BCUT2D eigenvalue weighted by Gasteiger charge is -2.39. The van der Waals surface area contributed by atoms with Crippen LogP contribution in [0.3, 0.4) is 0 Å². The quantitative estimate of drug-likeness (QED) is 0.0803.